The van der Waals surface area contributed by atoms with Gasteiger partial charge < -0.3 is 20.4 Å². The van der Waals surface area contributed by atoms with Crippen LogP contribution < -0.4 is 16.0 Å². The summed E-state index contributed by atoms with van der Waals surface area (Å²) in [6.07, 6.45) is 5.82. The average molecular weight is 353 g/mol. The molecule has 3 heterocycles. The molecule has 2 bridgehead atoms. The zero-order valence-electron chi connectivity index (χ0n) is 14.7. The van der Waals surface area contributed by atoms with Crippen molar-refractivity contribution in [2.75, 3.05) is 5.32 Å². The van der Waals surface area contributed by atoms with Crippen LogP contribution in [0.5, 0.6) is 0 Å². The second-order valence-corrected chi connectivity index (χ2v) is 7.24. The first kappa shape index (κ1) is 16.8. The van der Waals surface area contributed by atoms with E-state index in [1.54, 1.807) is 24.3 Å². The van der Waals surface area contributed by atoms with Crippen LogP contribution >= 0.6 is 0 Å². The predicted octanol–water partition coefficient (Wildman–Crippen LogP) is 2.85. The van der Waals surface area contributed by atoms with Crippen LogP contribution in [-0.4, -0.2) is 29.9 Å². The molecule has 26 heavy (non-hydrogen) atoms. The number of piperidine rings is 1. The fourth-order valence-electron chi connectivity index (χ4n) is 3.93. The highest BCUT2D eigenvalue weighted by Gasteiger charge is 2.34. The number of carbonyl (C=O) groups is 2. The van der Waals surface area contributed by atoms with Crippen LogP contribution in [0.15, 0.2) is 41.0 Å². The van der Waals surface area contributed by atoms with Crippen molar-refractivity contribution in [3.05, 3.63) is 53.5 Å². The van der Waals surface area contributed by atoms with Crippen molar-refractivity contribution in [3.8, 4) is 0 Å². The normalized spacial score (nSPS) is 24.3. The molecule has 1 aromatic carbocycles. The number of rotatable bonds is 4. The first-order valence-electron chi connectivity index (χ1n) is 9.11. The number of amides is 2. The van der Waals surface area contributed by atoms with Crippen LogP contribution in [-0.2, 0) is 0 Å². The Morgan fingerprint density at radius 2 is 1.88 bits per heavy atom. The van der Waals surface area contributed by atoms with Gasteiger partial charge in [0.05, 0.1) is 6.26 Å². The van der Waals surface area contributed by atoms with E-state index in [1.807, 2.05) is 13.0 Å². The topological polar surface area (TPSA) is 83.4 Å². The monoisotopic (exact) mass is 353 g/mol. The van der Waals surface area contributed by atoms with Gasteiger partial charge in [0, 0.05) is 29.4 Å². The standard InChI is InChI=1S/C20H23N3O3/c1-12-4-5-13(9-17(12)23-20(25)18-3-2-8-26-18)19(24)22-16-10-14-6-7-15(11-16)21-14/h2-5,8-9,14-16,21H,6-7,10-11H2,1H3,(H,22,24)(H,23,25). The molecule has 2 amide bonds. The lowest BCUT2D eigenvalue weighted by Gasteiger charge is -2.29. The minimum absolute atomic E-state index is 0.0928. The SMILES string of the molecule is Cc1ccc(C(=O)NC2CC3CCC(C2)N3)cc1NC(=O)c1ccco1. The molecule has 0 aliphatic carbocycles. The predicted molar refractivity (Wildman–Crippen MR) is 98.3 cm³/mol. The number of anilines is 1. The minimum atomic E-state index is -0.328. The third-order valence-corrected chi connectivity index (χ3v) is 5.30. The molecule has 4 rings (SSSR count). The van der Waals surface area contributed by atoms with E-state index in [0.717, 1.165) is 18.4 Å². The van der Waals surface area contributed by atoms with E-state index in [1.165, 1.54) is 19.1 Å². The van der Waals surface area contributed by atoms with Crippen molar-refractivity contribution in [2.24, 2.45) is 0 Å². The number of nitrogens with one attached hydrogen (secondary N) is 3. The molecule has 0 spiro atoms. The summed E-state index contributed by atoms with van der Waals surface area (Å²) < 4.78 is 5.11. The maximum atomic E-state index is 12.7. The molecule has 3 N–H and O–H groups in total. The molecule has 0 saturated carbocycles. The molecule has 1 aromatic heterocycles. The first-order valence-corrected chi connectivity index (χ1v) is 9.11. The Morgan fingerprint density at radius 1 is 1.12 bits per heavy atom. The zero-order chi connectivity index (χ0) is 18.1. The van der Waals surface area contributed by atoms with Crippen LogP contribution in [0.4, 0.5) is 5.69 Å². The Morgan fingerprint density at radius 3 is 2.58 bits per heavy atom. The molecule has 2 fully saturated rings. The quantitative estimate of drug-likeness (QED) is 0.789. The summed E-state index contributed by atoms with van der Waals surface area (Å²) in [7, 11) is 0. The van der Waals surface area contributed by atoms with Crippen molar-refractivity contribution >= 4 is 17.5 Å². The average Bonchev–Trinajstić information content (AvgIpc) is 3.26. The Kier molecular flexibility index (Phi) is 4.51. The lowest BCUT2D eigenvalue weighted by atomic mass is 9.99. The van der Waals surface area contributed by atoms with Gasteiger partial charge in [-0.2, -0.15) is 0 Å². The highest BCUT2D eigenvalue weighted by molar-refractivity contribution is 6.04. The van der Waals surface area contributed by atoms with Crippen LogP contribution in [0.25, 0.3) is 0 Å². The number of fused-ring (bicyclic) bond motifs is 2. The van der Waals surface area contributed by atoms with Crippen molar-refractivity contribution < 1.29 is 14.0 Å². The molecule has 6 nitrogen and oxygen atoms in total. The van der Waals surface area contributed by atoms with Gasteiger partial charge in [0.1, 0.15) is 0 Å². The van der Waals surface area contributed by atoms with E-state index >= 15 is 0 Å². The number of aryl methyl sites for hydroxylation is 1. The van der Waals surface area contributed by atoms with Gasteiger partial charge in [0.25, 0.3) is 11.8 Å². The van der Waals surface area contributed by atoms with Crippen LogP contribution in [0.2, 0.25) is 0 Å². The summed E-state index contributed by atoms with van der Waals surface area (Å²) in [6.45, 7) is 1.89. The molecule has 2 aliphatic rings. The zero-order valence-corrected chi connectivity index (χ0v) is 14.7. The molecule has 2 aromatic rings. The summed E-state index contributed by atoms with van der Waals surface area (Å²) in [5.41, 5.74) is 2.06. The molecular formula is C20H23N3O3. The largest absolute Gasteiger partial charge is 0.459 e. The van der Waals surface area contributed by atoms with Crippen LogP contribution in [0.3, 0.4) is 0 Å². The van der Waals surface area contributed by atoms with Gasteiger partial charge in [-0.3, -0.25) is 9.59 Å². The van der Waals surface area contributed by atoms with Crippen molar-refractivity contribution in [3.63, 3.8) is 0 Å². The third-order valence-electron chi connectivity index (χ3n) is 5.30. The van der Waals surface area contributed by atoms with E-state index in [0.29, 0.717) is 23.3 Å². The lowest BCUT2D eigenvalue weighted by Crippen LogP contribution is -2.48. The lowest BCUT2D eigenvalue weighted by molar-refractivity contribution is 0.0922. The molecule has 2 atom stereocenters. The first-order chi connectivity index (χ1) is 12.6. The van der Waals surface area contributed by atoms with E-state index in [9.17, 15) is 9.59 Å². The highest BCUT2D eigenvalue weighted by Crippen LogP contribution is 2.27. The summed E-state index contributed by atoms with van der Waals surface area (Å²) in [4.78, 5) is 24.9. The van der Waals surface area contributed by atoms with Gasteiger partial charge >= 0.3 is 0 Å². The Labute approximate surface area is 152 Å². The van der Waals surface area contributed by atoms with E-state index in [-0.39, 0.29) is 23.6 Å². The van der Waals surface area contributed by atoms with Gasteiger partial charge in [-0.25, -0.2) is 0 Å². The van der Waals surface area contributed by atoms with E-state index in [2.05, 4.69) is 16.0 Å². The molecule has 0 radical (unpaired) electrons. The van der Waals surface area contributed by atoms with Crippen molar-refractivity contribution in [1.29, 1.82) is 0 Å². The number of hydrogen-bond donors (Lipinski definition) is 3. The number of benzene rings is 1. The van der Waals surface area contributed by atoms with Gasteiger partial charge in [-0.1, -0.05) is 6.07 Å². The Hall–Kier alpha value is -2.60. The Bertz CT molecular complexity index is 804. The fourth-order valence-corrected chi connectivity index (χ4v) is 3.93. The van der Waals surface area contributed by atoms with Crippen LogP contribution in [0, 0.1) is 6.92 Å². The second-order valence-electron chi connectivity index (χ2n) is 7.24. The molecule has 6 heteroatoms. The molecule has 2 saturated heterocycles. The fraction of sp³-hybridized carbons (Fsp3) is 0.400. The maximum absolute atomic E-state index is 12.7. The van der Waals surface area contributed by atoms with Gasteiger partial charge in [0.15, 0.2) is 5.76 Å². The van der Waals surface area contributed by atoms with E-state index < -0.39 is 0 Å². The number of furan rings is 1. The molecular weight excluding hydrogens is 330 g/mol. The van der Waals surface area contributed by atoms with Crippen molar-refractivity contribution in [1.82, 2.24) is 10.6 Å². The third kappa shape index (κ3) is 3.51. The van der Waals surface area contributed by atoms with Crippen molar-refractivity contribution in [2.45, 2.75) is 50.7 Å². The second kappa shape index (κ2) is 6.96. The van der Waals surface area contributed by atoms with Gasteiger partial charge in [-0.05, 0) is 62.4 Å². The molecule has 2 unspecified atom stereocenters. The number of hydrogen-bond acceptors (Lipinski definition) is 4. The molecule has 136 valence electrons. The summed E-state index contributed by atoms with van der Waals surface area (Å²) in [5, 5.41) is 9.54. The highest BCUT2D eigenvalue weighted by atomic mass is 16.3. The van der Waals surface area contributed by atoms with Crippen LogP contribution in [0.1, 0.15) is 52.2 Å². The smallest absolute Gasteiger partial charge is 0.291 e. The maximum Gasteiger partial charge on any atom is 0.291 e. The summed E-state index contributed by atoms with van der Waals surface area (Å²) in [5.74, 6) is -0.181. The summed E-state index contributed by atoms with van der Waals surface area (Å²) in [6, 6.07) is 9.90. The minimum Gasteiger partial charge on any atom is -0.459 e. The molecule has 2 aliphatic heterocycles. The van der Waals surface area contributed by atoms with Gasteiger partial charge in [-0.15, -0.1) is 0 Å². The van der Waals surface area contributed by atoms with E-state index in [4.69, 9.17) is 4.42 Å². The summed E-state index contributed by atoms with van der Waals surface area (Å²) >= 11 is 0. The number of carbonyl (C=O) groups excluding carboxylic acids is 2. The van der Waals surface area contributed by atoms with Gasteiger partial charge in [0.2, 0.25) is 0 Å². The Balaban J connectivity index is 1.45.